The summed E-state index contributed by atoms with van der Waals surface area (Å²) in [6.45, 7) is 4.96. The third-order valence-electron chi connectivity index (χ3n) is 5.80. The number of rotatable bonds is 11. The Balaban J connectivity index is 2.07. The molecule has 0 aromatic heterocycles. The smallest absolute Gasteiger partial charge is 0.326 e. The Morgan fingerprint density at radius 3 is 2.25 bits per heavy atom. The molecule has 2 rings (SSSR count). The normalized spacial score (nSPS) is 22.4. The second-order valence-electron chi connectivity index (χ2n) is 8.86. The Morgan fingerprint density at radius 2 is 1.69 bits per heavy atom. The van der Waals surface area contributed by atoms with Gasteiger partial charge in [-0.3, -0.25) is 19.2 Å². The van der Waals surface area contributed by atoms with E-state index in [2.05, 4.69) is 16.0 Å². The Labute approximate surface area is 187 Å². The number of nitrogens with zero attached hydrogens (tertiary/aromatic N) is 1. The second-order valence-corrected chi connectivity index (χ2v) is 8.86. The van der Waals surface area contributed by atoms with Gasteiger partial charge < -0.3 is 31.1 Å². The predicted octanol–water partition coefficient (Wildman–Crippen LogP) is -0.305. The molecule has 11 heteroatoms. The molecule has 2 aliphatic rings. The van der Waals surface area contributed by atoms with E-state index in [4.69, 9.17) is 5.11 Å². The molecule has 2 aliphatic heterocycles. The summed E-state index contributed by atoms with van der Waals surface area (Å²) in [5, 5.41) is 26.4. The number of aliphatic carboxylic acids is 2. The van der Waals surface area contributed by atoms with Gasteiger partial charge in [0.2, 0.25) is 17.7 Å². The maximum atomic E-state index is 13.3. The SMILES string of the molecule is CC(C)CC(NC(=O)C1CCCN1)C(=O)N1CCCC1C(=O)NC(CCC(=O)O)C(=O)O. The Hall–Kier alpha value is -2.69. The van der Waals surface area contributed by atoms with Crippen molar-refractivity contribution in [3.05, 3.63) is 0 Å². The van der Waals surface area contributed by atoms with E-state index in [1.807, 2.05) is 13.8 Å². The van der Waals surface area contributed by atoms with Crippen LogP contribution in [0.1, 0.15) is 58.8 Å². The molecule has 3 amide bonds. The summed E-state index contributed by atoms with van der Waals surface area (Å²) < 4.78 is 0. The minimum absolute atomic E-state index is 0.128. The van der Waals surface area contributed by atoms with Crippen molar-refractivity contribution >= 4 is 29.7 Å². The number of hydrogen-bond donors (Lipinski definition) is 5. The van der Waals surface area contributed by atoms with Gasteiger partial charge in [-0.05, 0) is 51.0 Å². The van der Waals surface area contributed by atoms with Gasteiger partial charge in [0.25, 0.3) is 0 Å². The lowest BCUT2D eigenvalue weighted by atomic mass is 10.0. The molecule has 0 aromatic rings. The molecule has 5 N–H and O–H groups in total. The topological polar surface area (TPSA) is 165 Å². The number of nitrogens with one attached hydrogen (secondary N) is 3. The number of likely N-dealkylation sites (tertiary alicyclic amines) is 1. The largest absolute Gasteiger partial charge is 0.481 e. The molecular formula is C21H34N4O7. The van der Waals surface area contributed by atoms with Crippen molar-refractivity contribution in [3.63, 3.8) is 0 Å². The van der Waals surface area contributed by atoms with E-state index in [1.165, 1.54) is 4.90 Å². The maximum absolute atomic E-state index is 13.3. The molecule has 0 saturated carbocycles. The van der Waals surface area contributed by atoms with E-state index in [1.54, 1.807) is 0 Å². The summed E-state index contributed by atoms with van der Waals surface area (Å²) in [4.78, 5) is 62.2. The van der Waals surface area contributed by atoms with Gasteiger partial charge in [0.15, 0.2) is 0 Å². The molecule has 2 saturated heterocycles. The number of carbonyl (C=O) groups is 5. The molecule has 0 spiro atoms. The van der Waals surface area contributed by atoms with Crippen molar-refractivity contribution < 1.29 is 34.2 Å². The van der Waals surface area contributed by atoms with Gasteiger partial charge in [-0.25, -0.2) is 4.79 Å². The monoisotopic (exact) mass is 454 g/mol. The third kappa shape index (κ3) is 7.18. The summed E-state index contributed by atoms with van der Waals surface area (Å²) in [5.74, 6) is -3.58. The Bertz CT molecular complexity index is 721. The molecule has 0 aliphatic carbocycles. The lowest BCUT2D eigenvalue weighted by Gasteiger charge is -2.30. The minimum Gasteiger partial charge on any atom is -0.481 e. The van der Waals surface area contributed by atoms with Crippen molar-refractivity contribution in [3.8, 4) is 0 Å². The molecule has 4 atom stereocenters. The highest BCUT2D eigenvalue weighted by atomic mass is 16.4. The van der Waals surface area contributed by atoms with Gasteiger partial charge in [-0.15, -0.1) is 0 Å². The fourth-order valence-electron chi connectivity index (χ4n) is 4.17. The van der Waals surface area contributed by atoms with Crippen LogP contribution in [-0.2, 0) is 24.0 Å². The summed E-state index contributed by atoms with van der Waals surface area (Å²) in [6.07, 6.45) is 2.30. The van der Waals surface area contributed by atoms with E-state index >= 15 is 0 Å². The number of carbonyl (C=O) groups excluding carboxylic acids is 3. The quantitative estimate of drug-likeness (QED) is 0.284. The van der Waals surface area contributed by atoms with Crippen LogP contribution in [0.2, 0.25) is 0 Å². The predicted molar refractivity (Wildman–Crippen MR) is 114 cm³/mol. The van der Waals surface area contributed by atoms with Crippen molar-refractivity contribution in [2.75, 3.05) is 13.1 Å². The van der Waals surface area contributed by atoms with Gasteiger partial charge in [-0.2, -0.15) is 0 Å². The maximum Gasteiger partial charge on any atom is 0.326 e. The fourth-order valence-corrected chi connectivity index (χ4v) is 4.17. The summed E-state index contributed by atoms with van der Waals surface area (Å²) in [5.41, 5.74) is 0. The van der Waals surface area contributed by atoms with E-state index in [9.17, 15) is 29.1 Å². The average molecular weight is 455 g/mol. The standard InChI is InChI=1S/C21H34N4O7/c1-12(2)11-15(24-18(28)13-5-3-9-22-13)20(30)25-10-4-6-16(25)19(29)23-14(21(31)32)7-8-17(26)27/h12-16,22H,3-11H2,1-2H3,(H,23,29)(H,24,28)(H,26,27)(H,31,32). The zero-order valence-corrected chi connectivity index (χ0v) is 18.6. The van der Waals surface area contributed by atoms with Gasteiger partial charge in [0.1, 0.15) is 18.1 Å². The van der Waals surface area contributed by atoms with Gasteiger partial charge in [0.05, 0.1) is 6.04 Å². The average Bonchev–Trinajstić information content (AvgIpc) is 3.41. The molecule has 4 unspecified atom stereocenters. The van der Waals surface area contributed by atoms with Crippen molar-refractivity contribution in [1.29, 1.82) is 0 Å². The molecular weight excluding hydrogens is 420 g/mol. The van der Waals surface area contributed by atoms with Crippen LogP contribution in [0, 0.1) is 5.92 Å². The molecule has 32 heavy (non-hydrogen) atoms. The molecule has 0 bridgehead atoms. The van der Waals surface area contributed by atoms with Crippen LogP contribution in [0.25, 0.3) is 0 Å². The summed E-state index contributed by atoms with van der Waals surface area (Å²) in [6, 6.07) is -3.32. The molecule has 11 nitrogen and oxygen atoms in total. The Morgan fingerprint density at radius 1 is 1.00 bits per heavy atom. The van der Waals surface area contributed by atoms with E-state index in [-0.39, 0.29) is 30.2 Å². The first-order valence-electron chi connectivity index (χ1n) is 11.2. The second kappa shape index (κ2) is 11.8. The minimum atomic E-state index is -1.35. The lowest BCUT2D eigenvalue weighted by Crippen LogP contribution is -2.57. The van der Waals surface area contributed by atoms with Crippen LogP contribution in [0.3, 0.4) is 0 Å². The number of carboxylic acid groups (broad SMARTS) is 2. The van der Waals surface area contributed by atoms with Crippen LogP contribution < -0.4 is 16.0 Å². The van der Waals surface area contributed by atoms with Crippen LogP contribution >= 0.6 is 0 Å². The zero-order chi connectivity index (χ0) is 23.8. The van der Waals surface area contributed by atoms with Gasteiger partial charge >= 0.3 is 11.9 Å². The highest BCUT2D eigenvalue weighted by molar-refractivity contribution is 5.94. The molecule has 180 valence electrons. The number of amides is 3. The van der Waals surface area contributed by atoms with Crippen molar-refractivity contribution in [1.82, 2.24) is 20.9 Å². The molecule has 2 heterocycles. The van der Waals surface area contributed by atoms with Gasteiger partial charge in [0, 0.05) is 13.0 Å². The number of hydrogen-bond acceptors (Lipinski definition) is 6. The fraction of sp³-hybridized carbons (Fsp3) is 0.762. The van der Waals surface area contributed by atoms with Crippen LogP contribution in [0.5, 0.6) is 0 Å². The van der Waals surface area contributed by atoms with E-state index in [0.29, 0.717) is 32.2 Å². The van der Waals surface area contributed by atoms with E-state index in [0.717, 1.165) is 13.0 Å². The first kappa shape index (κ1) is 25.6. The van der Waals surface area contributed by atoms with Crippen LogP contribution in [0.15, 0.2) is 0 Å². The van der Waals surface area contributed by atoms with Gasteiger partial charge in [-0.1, -0.05) is 13.8 Å². The molecule has 0 aromatic carbocycles. The number of carboxylic acids is 2. The molecule has 0 radical (unpaired) electrons. The summed E-state index contributed by atoms with van der Waals surface area (Å²) >= 11 is 0. The van der Waals surface area contributed by atoms with Crippen molar-refractivity contribution in [2.24, 2.45) is 5.92 Å². The molecule has 2 fully saturated rings. The van der Waals surface area contributed by atoms with Crippen molar-refractivity contribution in [2.45, 2.75) is 83.0 Å². The third-order valence-corrected chi connectivity index (χ3v) is 5.80. The first-order chi connectivity index (χ1) is 15.1. The van der Waals surface area contributed by atoms with E-state index < -0.39 is 42.4 Å². The zero-order valence-electron chi connectivity index (χ0n) is 18.6. The lowest BCUT2D eigenvalue weighted by molar-refractivity contribution is -0.145. The van der Waals surface area contributed by atoms with Crippen LogP contribution in [0.4, 0.5) is 0 Å². The highest BCUT2D eigenvalue weighted by Crippen LogP contribution is 2.21. The summed E-state index contributed by atoms with van der Waals surface area (Å²) in [7, 11) is 0. The highest BCUT2D eigenvalue weighted by Gasteiger charge is 2.39. The van der Waals surface area contributed by atoms with Crippen LogP contribution in [-0.4, -0.2) is 82.0 Å². The Kier molecular flexibility index (Phi) is 9.42. The first-order valence-corrected chi connectivity index (χ1v) is 11.2.